The molecule has 0 aliphatic heterocycles. The molecule has 0 aliphatic rings. The highest BCUT2D eigenvalue weighted by Crippen LogP contribution is 2.41. The van der Waals surface area contributed by atoms with Crippen molar-refractivity contribution in [3.63, 3.8) is 0 Å². The lowest BCUT2D eigenvalue weighted by molar-refractivity contribution is -0.116. The van der Waals surface area contributed by atoms with Gasteiger partial charge in [-0.3, -0.25) is 4.79 Å². The van der Waals surface area contributed by atoms with Gasteiger partial charge in [0.05, 0.1) is 20.5 Å². The number of hydrogen-bond acceptors (Lipinski definition) is 4. The van der Waals surface area contributed by atoms with E-state index in [1.165, 1.54) is 0 Å². The fraction of sp³-hybridized carbons (Fsp3) is 0.208. The number of amides is 1. The molecule has 1 amide bonds. The van der Waals surface area contributed by atoms with Gasteiger partial charge < -0.3 is 19.2 Å². The number of furan rings is 1. The third-order valence-electron chi connectivity index (χ3n) is 4.82. The highest BCUT2D eigenvalue weighted by Gasteiger charge is 2.19. The van der Waals surface area contributed by atoms with E-state index in [9.17, 15) is 4.79 Å². The van der Waals surface area contributed by atoms with Crippen molar-refractivity contribution >= 4 is 22.4 Å². The summed E-state index contributed by atoms with van der Waals surface area (Å²) in [6.07, 6.45) is 4.95. The molecule has 29 heavy (non-hydrogen) atoms. The molecule has 5 nitrogen and oxygen atoms in total. The molecule has 0 saturated carbocycles. The van der Waals surface area contributed by atoms with E-state index in [0.717, 1.165) is 44.5 Å². The Balaban J connectivity index is 2.16. The van der Waals surface area contributed by atoms with Gasteiger partial charge in [0, 0.05) is 34.7 Å². The van der Waals surface area contributed by atoms with Crippen molar-refractivity contribution in [2.45, 2.75) is 13.8 Å². The lowest BCUT2D eigenvalue weighted by Gasteiger charge is -2.13. The lowest BCUT2D eigenvalue weighted by atomic mass is 9.96. The molecular weight excluding hydrogens is 366 g/mol. The van der Waals surface area contributed by atoms with Crippen LogP contribution in [-0.2, 0) is 4.79 Å². The summed E-state index contributed by atoms with van der Waals surface area (Å²) in [5.74, 6) is 1.29. The molecule has 0 fully saturated rings. The van der Waals surface area contributed by atoms with Gasteiger partial charge in [-0.2, -0.15) is 0 Å². The number of ether oxygens (including phenoxy) is 2. The molecule has 1 heterocycles. The second-order valence-electron chi connectivity index (χ2n) is 6.70. The second-order valence-corrected chi connectivity index (χ2v) is 6.70. The number of allylic oxidation sites excluding steroid dienone is 1. The number of methoxy groups -OCH3 is 2. The predicted octanol–water partition coefficient (Wildman–Crippen LogP) is 5.13. The van der Waals surface area contributed by atoms with Crippen LogP contribution in [-0.4, -0.2) is 26.7 Å². The Morgan fingerprint density at radius 1 is 1.24 bits per heavy atom. The number of carbonyl (C=O) groups is 1. The topological polar surface area (TPSA) is 60.7 Å². The first-order chi connectivity index (χ1) is 14.0. The molecule has 0 aliphatic carbocycles. The summed E-state index contributed by atoms with van der Waals surface area (Å²) in [4.78, 5) is 12.1. The molecule has 3 rings (SSSR count). The van der Waals surface area contributed by atoms with Crippen LogP contribution in [0.1, 0.15) is 18.1 Å². The van der Waals surface area contributed by atoms with Crippen LogP contribution < -0.4 is 14.8 Å². The van der Waals surface area contributed by atoms with E-state index in [2.05, 4.69) is 11.9 Å². The Morgan fingerprint density at radius 3 is 2.72 bits per heavy atom. The van der Waals surface area contributed by atoms with Crippen LogP contribution in [0.15, 0.2) is 59.7 Å². The summed E-state index contributed by atoms with van der Waals surface area (Å²) >= 11 is 0. The fourth-order valence-electron chi connectivity index (χ4n) is 3.38. The summed E-state index contributed by atoms with van der Waals surface area (Å²) in [7, 11) is 3.26. The van der Waals surface area contributed by atoms with Crippen molar-refractivity contribution in [1.82, 2.24) is 5.32 Å². The number of benzene rings is 2. The number of aryl methyl sites for hydroxylation is 1. The Hall–Kier alpha value is -3.47. The summed E-state index contributed by atoms with van der Waals surface area (Å²) in [6.45, 7) is 7.87. The van der Waals surface area contributed by atoms with Gasteiger partial charge >= 0.3 is 0 Å². The average Bonchev–Trinajstić information content (AvgIpc) is 3.16. The van der Waals surface area contributed by atoms with Gasteiger partial charge in [-0.1, -0.05) is 18.2 Å². The highest BCUT2D eigenvalue weighted by molar-refractivity contribution is 6.01. The number of hydrogen-bond donors (Lipinski definition) is 1. The Bertz CT molecular complexity index is 1090. The van der Waals surface area contributed by atoms with Gasteiger partial charge in [0.15, 0.2) is 0 Å². The molecule has 0 bridgehead atoms. The normalized spacial score (nSPS) is 11.4. The zero-order valence-electron chi connectivity index (χ0n) is 17.2. The maximum Gasteiger partial charge on any atom is 0.244 e. The molecular formula is C24H25NO4. The molecule has 3 aromatic rings. The monoisotopic (exact) mass is 391 g/mol. The molecule has 0 unspecified atom stereocenters. The van der Waals surface area contributed by atoms with Crippen LogP contribution in [0.3, 0.4) is 0 Å². The number of carbonyl (C=O) groups excluding carboxylic acids is 1. The van der Waals surface area contributed by atoms with Crippen molar-refractivity contribution in [2.24, 2.45) is 0 Å². The zero-order chi connectivity index (χ0) is 21.0. The molecule has 1 aromatic heterocycles. The average molecular weight is 391 g/mol. The van der Waals surface area contributed by atoms with Crippen molar-refractivity contribution in [3.05, 3.63) is 66.5 Å². The molecule has 1 N–H and O–H groups in total. The minimum Gasteiger partial charge on any atom is -0.497 e. The van der Waals surface area contributed by atoms with E-state index in [-0.39, 0.29) is 5.91 Å². The summed E-state index contributed by atoms with van der Waals surface area (Å²) < 4.78 is 16.9. The standard InChI is InChI=1S/C24H25NO4/c1-6-10-25-22(26)11-15(2)19-13-20-21(17-8-7-9-18(12-17)27-4)14-29-24(20)16(3)23(19)28-5/h6-9,11-14H,1,10H2,2-5H3,(H,25,26)/b15-11+. The van der Waals surface area contributed by atoms with Crippen LogP contribution in [0.4, 0.5) is 0 Å². The molecule has 0 spiro atoms. The summed E-state index contributed by atoms with van der Waals surface area (Å²) in [5.41, 5.74) is 5.22. The Kier molecular flexibility index (Phi) is 6.07. The lowest BCUT2D eigenvalue weighted by Crippen LogP contribution is -2.20. The Labute approximate surface area is 170 Å². The van der Waals surface area contributed by atoms with Crippen molar-refractivity contribution in [2.75, 3.05) is 20.8 Å². The third kappa shape index (κ3) is 4.04. The largest absolute Gasteiger partial charge is 0.497 e. The van der Waals surface area contributed by atoms with Gasteiger partial charge in [0.2, 0.25) is 5.91 Å². The smallest absolute Gasteiger partial charge is 0.244 e. The molecule has 0 radical (unpaired) electrons. The number of nitrogens with one attached hydrogen (secondary N) is 1. The van der Waals surface area contributed by atoms with Crippen LogP contribution in [0, 0.1) is 6.92 Å². The molecule has 0 saturated heterocycles. The maximum absolute atomic E-state index is 12.1. The van der Waals surface area contributed by atoms with Gasteiger partial charge in [-0.25, -0.2) is 0 Å². The molecule has 0 atom stereocenters. The van der Waals surface area contributed by atoms with E-state index in [1.807, 2.05) is 44.2 Å². The Morgan fingerprint density at radius 2 is 2.03 bits per heavy atom. The molecule has 5 heteroatoms. The van der Waals surface area contributed by atoms with Crippen LogP contribution >= 0.6 is 0 Å². The zero-order valence-corrected chi connectivity index (χ0v) is 17.2. The second kappa shape index (κ2) is 8.69. The minimum atomic E-state index is -0.178. The SMILES string of the molecule is C=CCNC(=O)/C=C(\C)c1cc2c(-c3cccc(OC)c3)coc2c(C)c1OC. The first-order valence-corrected chi connectivity index (χ1v) is 9.30. The quantitative estimate of drug-likeness (QED) is 0.448. The molecule has 150 valence electrons. The van der Waals surface area contributed by atoms with Crippen LogP contribution in [0.25, 0.3) is 27.7 Å². The summed E-state index contributed by atoms with van der Waals surface area (Å²) in [6, 6.07) is 9.83. The first kappa shape index (κ1) is 20.3. The van der Waals surface area contributed by atoms with Crippen molar-refractivity contribution in [3.8, 4) is 22.6 Å². The highest BCUT2D eigenvalue weighted by atomic mass is 16.5. The predicted molar refractivity (Wildman–Crippen MR) is 116 cm³/mol. The first-order valence-electron chi connectivity index (χ1n) is 9.30. The van der Waals surface area contributed by atoms with Gasteiger partial charge in [-0.15, -0.1) is 6.58 Å². The summed E-state index contributed by atoms with van der Waals surface area (Å²) in [5, 5.41) is 3.71. The van der Waals surface area contributed by atoms with E-state index in [1.54, 1.807) is 32.6 Å². The fourth-order valence-corrected chi connectivity index (χ4v) is 3.38. The number of fused-ring (bicyclic) bond motifs is 1. The minimum absolute atomic E-state index is 0.178. The van der Waals surface area contributed by atoms with E-state index in [4.69, 9.17) is 13.9 Å². The van der Waals surface area contributed by atoms with Crippen LogP contribution in [0.2, 0.25) is 0 Å². The van der Waals surface area contributed by atoms with E-state index >= 15 is 0 Å². The number of rotatable bonds is 7. The third-order valence-corrected chi connectivity index (χ3v) is 4.82. The van der Waals surface area contributed by atoms with E-state index < -0.39 is 0 Å². The maximum atomic E-state index is 12.1. The van der Waals surface area contributed by atoms with Gasteiger partial charge in [-0.05, 0) is 43.2 Å². The van der Waals surface area contributed by atoms with Crippen LogP contribution in [0.5, 0.6) is 11.5 Å². The van der Waals surface area contributed by atoms with Crippen molar-refractivity contribution in [1.29, 1.82) is 0 Å². The molecule has 2 aromatic carbocycles. The van der Waals surface area contributed by atoms with E-state index in [0.29, 0.717) is 12.3 Å². The van der Waals surface area contributed by atoms with Crippen molar-refractivity contribution < 1.29 is 18.7 Å². The van der Waals surface area contributed by atoms with Gasteiger partial charge in [0.25, 0.3) is 0 Å². The van der Waals surface area contributed by atoms with Gasteiger partial charge in [0.1, 0.15) is 17.1 Å².